The number of para-hydroxylation sites is 1. The summed E-state index contributed by atoms with van der Waals surface area (Å²) < 4.78 is 11.2. The average Bonchev–Trinajstić information content (AvgIpc) is 2.92. The molecule has 4 heteroatoms. The molecule has 0 saturated carbocycles. The molecule has 1 unspecified atom stereocenters. The van der Waals surface area contributed by atoms with Crippen LogP contribution in [-0.2, 0) is 11.3 Å². The van der Waals surface area contributed by atoms with Gasteiger partial charge >= 0.3 is 0 Å². The van der Waals surface area contributed by atoms with Crippen LogP contribution in [0.1, 0.15) is 38.2 Å². The second-order valence-electron chi connectivity index (χ2n) is 7.28. The van der Waals surface area contributed by atoms with Gasteiger partial charge in [-0.25, -0.2) is 0 Å². The number of likely N-dealkylation sites (N-methyl/N-ethyl adjacent to an activating group) is 1. The van der Waals surface area contributed by atoms with Crippen LogP contribution in [0.5, 0.6) is 5.75 Å². The molecule has 2 aliphatic heterocycles. The highest BCUT2D eigenvalue weighted by molar-refractivity contribution is 5.33. The van der Waals surface area contributed by atoms with Gasteiger partial charge in [0.15, 0.2) is 0 Å². The maximum Gasteiger partial charge on any atom is 0.123 e. The van der Waals surface area contributed by atoms with Crippen LogP contribution in [0, 0.1) is 0 Å². The normalized spacial score (nSPS) is 24.5. The minimum atomic E-state index is 0.402. The Morgan fingerprint density at radius 3 is 2.62 bits per heavy atom. The highest BCUT2D eigenvalue weighted by Crippen LogP contribution is 2.41. The summed E-state index contributed by atoms with van der Waals surface area (Å²) in [6.45, 7) is 7.13. The molecule has 2 aliphatic rings. The third-order valence-electron chi connectivity index (χ3n) is 6.13. The van der Waals surface area contributed by atoms with E-state index >= 15 is 0 Å². The number of likely N-dealkylation sites (tertiary alicyclic amines) is 2. The van der Waals surface area contributed by atoms with Crippen molar-refractivity contribution in [3.8, 4) is 5.75 Å². The van der Waals surface area contributed by atoms with Crippen molar-refractivity contribution in [2.75, 3.05) is 40.5 Å². The van der Waals surface area contributed by atoms with Crippen LogP contribution in [0.4, 0.5) is 0 Å². The molecule has 0 N–H and O–H groups in total. The molecule has 1 aromatic rings. The van der Waals surface area contributed by atoms with Crippen LogP contribution in [0.15, 0.2) is 24.3 Å². The van der Waals surface area contributed by atoms with Crippen molar-refractivity contribution in [2.24, 2.45) is 0 Å². The van der Waals surface area contributed by atoms with E-state index in [1.54, 1.807) is 7.11 Å². The molecule has 2 fully saturated rings. The molecule has 24 heavy (non-hydrogen) atoms. The minimum absolute atomic E-state index is 0.402. The Hall–Kier alpha value is -1.10. The molecule has 2 heterocycles. The lowest BCUT2D eigenvalue weighted by Crippen LogP contribution is -2.52. The topological polar surface area (TPSA) is 24.9 Å². The highest BCUT2D eigenvalue weighted by atomic mass is 16.5. The number of benzene rings is 1. The van der Waals surface area contributed by atoms with E-state index in [1.807, 2.05) is 6.07 Å². The van der Waals surface area contributed by atoms with Gasteiger partial charge in [0.1, 0.15) is 5.75 Å². The van der Waals surface area contributed by atoms with Gasteiger partial charge in [-0.3, -0.25) is 9.80 Å². The molecule has 0 aliphatic carbocycles. The molecule has 4 nitrogen and oxygen atoms in total. The molecule has 0 radical (unpaired) electrons. The minimum Gasteiger partial charge on any atom is -0.496 e. The zero-order valence-electron chi connectivity index (χ0n) is 15.5. The first kappa shape index (κ1) is 17.7. The van der Waals surface area contributed by atoms with Gasteiger partial charge in [-0.2, -0.15) is 0 Å². The van der Waals surface area contributed by atoms with Gasteiger partial charge in [-0.15, -0.1) is 0 Å². The SMILES string of the molecule is CCOCC1CCC2(CCN(Cc3ccccc3OC)CC2)N1C. The predicted molar refractivity (Wildman–Crippen MR) is 97.5 cm³/mol. The maximum absolute atomic E-state index is 5.68. The van der Waals surface area contributed by atoms with E-state index in [4.69, 9.17) is 9.47 Å². The lowest BCUT2D eigenvalue weighted by Gasteiger charge is -2.45. The van der Waals surface area contributed by atoms with E-state index in [0.717, 1.165) is 25.5 Å². The van der Waals surface area contributed by atoms with E-state index < -0.39 is 0 Å². The monoisotopic (exact) mass is 332 g/mol. The van der Waals surface area contributed by atoms with E-state index in [9.17, 15) is 0 Å². The number of ether oxygens (including phenoxy) is 2. The summed E-state index contributed by atoms with van der Waals surface area (Å²) in [5.74, 6) is 1.01. The van der Waals surface area contributed by atoms with Crippen LogP contribution in [0.3, 0.4) is 0 Å². The Balaban J connectivity index is 1.56. The quantitative estimate of drug-likeness (QED) is 0.799. The summed E-state index contributed by atoms with van der Waals surface area (Å²) in [4.78, 5) is 5.20. The third kappa shape index (κ3) is 3.61. The van der Waals surface area contributed by atoms with Crippen LogP contribution in [-0.4, -0.2) is 61.8 Å². The van der Waals surface area contributed by atoms with Gasteiger partial charge in [-0.1, -0.05) is 18.2 Å². The van der Waals surface area contributed by atoms with Crippen molar-refractivity contribution in [3.63, 3.8) is 0 Å². The van der Waals surface area contributed by atoms with E-state index in [-0.39, 0.29) is 0 Å². The first-order valence-electron chi connectivity index (χ1n) is 9.33. The zero-order valence-corrected chi connectivity index (χ0v) is 15.5. The second kappa shape index (κ2) is 7.85. The summed E-state index contributed by atoms with van der Waals surface area (Å²) in [6, 6.07) is 8.99. The Morgan fingerprint density at radius 1 is 1.17 bits per heavy atom. The molecule has 0 bridgehead atoms. The molecule has 2 saturated heterocycles. The fraction of sp³-hybridized carbons (Fsp3) is 0.700. The van der Waals surface area contributed by atoms with Gasteiger partial charge in [0.05, 0.1) is 13.7 Å². The maximum atomic E-state index is 5.68. The molecule has 3 rings (SSSR count). The van der Waals surface area contributed by atoms with E-state index in [2.05, 4.69) is 42.0 Å². The van der Waals surface area contributed by atoms with E-state index in [0.29, 0.717) is 11.6 Å². The van der Waals surface area contributed by atoms with Crippen molar-refractivity contribution in [3.05, 3.63) is 29.8 Å². The number of rotatable bonds is 6. The molecule has 1 spiro atoms. The van der Waals surface area contributed by atoms with Crippen LogP contribution in [0.2, 0.25) is 0 Å². The Morgan fingerprint density at radius 2 is 1.92 bits per heavy atom. The molecule has 1 aromatic carbocycles. The van der Waals surface area contributed by atoms with E-state index in [1.165, 1.54) is 44.3 Å². The van der Waals surface area contributed by atoms with Crippen molar-refractivity contribution in [1.82, 2.24) is 9.80 Å². The summed E-state index contributed by atoms with van der Waals surface area (Å²) >= 11 is 0. The van der Waals surface area contributed by atoms with Gasteiger partial charge in [0, 0.05) is 43.4 Å². The zero-order chi connectivity index (χ0) is 17.0. The Kier molecular flexibility index (Phi) is 5.80. The van der Waals surface area contributed by atoms with Crippen molar-refractivity contribution in [1.29, 1.82) is 0 Å². The standard InChI is InChI=1S/C20H32N2O2/c1-4-24-16-18-9-10-20(21(18)2)11-13-22(14-12-20)15-17-7-5-6-8-19(17)23-3/h5-8,18H,4,9-16H2,1-3H3. The van der Waals surface area contributed by atoms with Crippen LogP contribution < -0.4 is 4.74 Å². The number of piperidine rings is 1. The smallest absolute Gasteiger partial charge is 0.123 e. The number of methoxy groups -OCH3 is 1. The molecule has 1 atom stereocenters. The van der Waals surface area contributed by atoms with Gasteiger partial charge < -0.3 is 9.47 Å². The van der Waals surface area contributed by atoms with Gasteiger partial charge in [0.25, 0.3) is 0 Å². The van der Waals surface area contributed by atoms with Gasteiger partial charge in [0.2, 0.25) is 0 Å². The number of hydrogen-bond acceptors (Lipinski definition) is 4. The van der Waals surface area contributed by atoms with Crippen molar-refractivity contribution in [2.45, 2.75) is 50.7 Å². The third-order valence-corrected chi connectivity index (χ3v) is 6.13. The van der Waals surface area contributed by atoms with Crippen LogP contribution in [0.25, 0.3) is 0 Å². The average molecular weight is 332 g/mol. The summed E-state index contributed by atoms with van der Waals surface area (Å²) in [7, 11) is 4.07. The number of nitrogens with zero attached hydrogens (tertiary/aromatic N) is 2. The van der Waals surface area contributed by atoms with Gasteiger partial charge in [-0.05, 0) is 45.7 Å². The molecule has 0 amide bonds. The first-order valence-corrected chi connectivity index (χ1v) is 9.33. The second-order valence-corrected chi connectivity index (χ2v) is 7.28. The van der Waals surface area contributed by atoms with Crippen molar-refractivity contribution >= 4 is 0 Å². The molecule has 134 valence electrons. The fourth-order valence-electron chi connectivity index (χ4n) is 4.45. The Bertz CT molecular complexity index is 526. The van der Waals surface area contributed by atoms with Crippen molar-refractivity contribution < 1.29 is 9.47 Å². The molecular formula is C20H32N2O2. The lowest BCUT2D eigenvalue weighted by atomic mass is 9.85. The predicted octanol–water partition coefficient (Wildman–Crippen LogP) is 3.16. The Labute approximate surface area is 146 Å². The largest absolute Gasteiger partial charge is 0.496 e. The fourth-order valence-corrected chi connectivity index (χ4v) is 4.45. The molecular weight excluding hydrogens is 300 g/mol. The number of hydrogen-bond donors (Lipinski definition) is 0. The summed E-state index contributed by atoms with van der Waals surface area (Å²) in [5, 5.41) is 0. The first-order chi connectivity index (χ1) is 11.7. The summed E-state index contributed by atoms with van der Waals surface area (Å²) in [6.07, 6.45) is 5.13. The lowest BCUT2D eigenvalue weighted by molar-refractivity contribution is 0.0204. The summed E-state index contributed by atoms with van der Waals surface area (Å²) in [5.41, 5.74) is 1.70. The highest BCUT2D eigenvalue weighted by Gasteiger charge is 2.45. The molecule has 0 aromatic heterocycles. The van der Waals surface area contributed by atoms with Crippen LogP contribution >= 0.6 is 0 Å².